The summed E-state index contributed by atoms with van der Waals surface area (Å²) in [5.41, 5.74) is 6.04. The zero-order valence-electron chi connectivity index (χ0n) is 19.2. The topological polar surface area (TPSA) is 38.3 Å². The molecule has 0 spiro atoms. The number of allylic oxidation sites excluding steroid dienone is 2. The third kappa shape index (κ3) is 7.21. The normalized spacial score (nSPS) is 22.7. The lowest BCUT2D eigenvalue weighted by Crippen LogP contribution is -2.32. The summed E-state index contributed by atoms with van der Waals surface area (Å²) in [5, 5.41) is 2.96. The second-order valence-electron chi connectivity index (χ2n) is 8.69. The Morgan fingerprint density at radius 2 is 1.97 bits per heavy atom. The molecule has 1 N–H and O–H groups in total. The van der Waals surface area contributed by atoms with Crippen LogP contribution in [0.5, 0.6) is 0 Å². The first kappa shape index (κ1) is 23.5. The van der Waals surface area contributed by atoms with Gasteiger partial charge < -0.3 is 10.1 Å². The minimum Gasteiger partial charge on any atom is -0.453 e. The molecule has 1 saturated carbocycles. The number of nitrogens with one attached hydrogen (secondary N) is 1. The number of hydrogen-bond donors (Lipinski definition) is 1. The molecule has 1 amide bonds. The van der Waals surface area contributed by atoms with Gasteiger partial charge in [-0.1, -0.05) is 43.7 Å². The van der Waals surface area contributed by atoms with Gasteiger partial charge in [-0.3, -0.25) is 0 Å². The van der Waals surface area contributed by atoms with Crippen molar-refractivity contribution < 1.29 is 9.53 Å². The van der Waals surface area contributed by atoms with Crippen molar-refractivity contribution in [2.75, 3.05) is 7.11 Å². The standard InChI is InChI=1S/C24H35NO2.C2H6/c1-17(2)6-4-5-7-18-8-9-20-15-21(11-10-19(20)14-18)22-12-13-23(16-22)25-24(26)27-3;1-2/h6,10-11,15,18,22-23H,4-5,7-9,12-14,16H2,1-3H3,(H,25,26);1-2H3/t18-,22?,23?;/m0./s1. The van der Waals surface area contributed by atoms with Crippen molar-refractivity contribution in [3.05, 3.63) is 46.5 Å². The van der Waals surface area contributed by atoms with Gasteiger partial charge in [-0.2, -0.15) is 0 Å². The van der Waals surface area contributed by atoms with Crippen molar-refractivity contribution in [2.24, 2.45) is 5.92 Å². The second kappa shape index (κ2) is 12.0. The number of rotatable bonds is 6. The molecule has 29 heavy (non-hydrogen) atoms. The van der Waals surface area contributed by atoms with E-state index in [0.717, 1.165) is 25.2 Å². The minimum atomic E-state index is -0.304. The van der Waals surface area contributed by atoms with Gasteiger partial charge in [0.25, 0.3) is 0 Å². The van der Waals surface area contributed by atoms with Crippen LogP contribution in [0.1, 0.15) is 95.2 Å². The molecule has 3 atom stereocenters. The van der Waals surface area contributed by atoms with Crippen LogP contribution < -0.4 is 5.32 Å². The molecule has 162 valence electrons. The lowest BCUT2D eigenvalue weighted by Gasteiger charge is -2.26. The summed E-state index contributed by atoms with van der Waals surface area (Å²) in [6.45, 7) is 8.37. The molecule has 3 nitrogen and oxygen atoms in total. The first-order chi connectivity index (χ1) is 14.0. The van der Waals surface area contributed by atoms with E-state index in [1.807, 2.05) is 13.8 Å². The monoisotopic (exact) mass is 399 g/mol. The summed E-state index contributed by atoms with van der Waals surface area (Å²) in [6, 6.07) is 7.44. The van der Waals surface area contributed by atoms with E-state index in [0.29, 0.717) is 5.92 Å². The zero-order chi connectivity index (χ0) is 21.2. The Bertz CT molecular complexity index is 675. The van der Waals surface area contributed by atoms with Crippen LogP contribution in [-0.4, -0.2) is 19.2 Å². The molecule has 0 bridgehead atoms. The van der Waals surface area contributed by atoms with Gasteiger partial charge in [-0.05, 0) is 100 Å². The summed E-state index contributed by atoms with van der Waals surface area (Å²) >= 11 is 0. The fraction of sp³-hybridized carbons (Fsp3) is 0.654. The van der Waals surface area contributed by atoms with Crippen LogP contribution in [0.4, 0.5) is 4.79 Å². The Labute approximate surface area is 178 Å². The Kier molecular flexibility index (Phi) is 9.76. The number of hydrogen-bond acceptors (Lipinski definition) is 2. The number of benzene rings is 1. The van der Waals surface area contributed by atoms with Crippen molar-refractivity contribution >= 4 is 6.09 Å². The van der Waals surface area contributed by atoms with E-state index < -0.39 is 0 Å². The predicted molar refractivity (Wildman–Crippen MR) is 123 cm³/mol. The van der Waals surface area contributed by atoms with Gasteiger partial charge in [-0.25, -0.2) is 4.79 Å². The van der Waals surface area contributed by atoms with Crippen molar-refractivity contribution in [1.82, 2.24) is 5.32 Å². The molecule has 3 heteroatoms. The molecular weight excluding hydrogens is 358 g/mol. The highest BCUT2D eigenvalue weighted by atomic mass is 16.5. The minimum absolute atomic E-state index is 0.253. The van der Waals surface area contributed by atoms with Gasteiger partial charge in [0.15, 0.2) is 0 Å². The molecule has 2 aliphatic carbocycles. The van der Waals surface area contributed by atoms with Crippen molar-refractivity contribution in [3.63, 3.8) is 0 Å². The van der Waals surface area contributed by atoms with Gasteiger partial charge in [0.1, 0.15) is 0 Å². The van der Waals surface area contributed by atoms with E-state index in [1.54, 1.807) is 11.1 Å². The number of aryl methyl sites for hydroxylation is 1. The molecule has 2 aliphatic rings. The average molecular weight is 400 g/mol. The maximum absolute atomic E-state index is 11.4. The van der Waals surface area contributed by atoms with Crippen LogP contribution in [0, 0.1) is 5.92 Å². The van der Waals surface area contributed by atoms with Gasteiger partial charge >= 0.3 is 6.09 Å². The average Bonchev–Trinajstić information content (AvgIpc) is 3.20. The van der Waals surface area contributed by atoms with Crippen LogP contribution in [-0.2, 0) is 17.6 Å². The summed E-state index contributed by atoms with van der Waals surface area (Å²) in [5.74, 6) is 1.42. The molecule has 3 rings (SSSR count). The Balaban J connectivity index is 0.00000145. The van der Waals surface area contributed by atoms with E-state index in [4.69, 9.17) is 4.74 Å². The van der Waals surface area contributed by atoms with E-state index in [1.165, 1.54) is 56.8 Å². The smallest absolute Gasteiger partial charge is 0.407 e. The number of methoxy groups -OCH3 is 1. The predicted octanol–water partition coefficient (Wildman–Crippen LogP) is 6.95. The van der Waals surface area contributed by atoms with E-state index >= 15 is 0 Å². The number of alkyl carbamates (subject to hydrolysis) is 1. The molecule has 0 saturated heterocycles. The molecule has 0 radical (unpaired) electrons. The number of carbonyl (C=O) groups excluding carboxylic acids is 1. The largest absolute Gasteiger partial charge is 0.453 e. The quantitative estimate of drug-likeness (QED) is 0.415. The number of amides is 1. The first-order valence-corrected chi connectivity index (χ1v) is 11.6. The van der Waals surface area contributed by atoms with Crippen LogP contribution in [0.15, 0.2) is 29.8 Å². The SMILES string of the molecule is CC.COC(=O)NC1CCC(c2ccc3c(c2)CC[C@H](CCCC=C(C)C)C3)C1. The molecule has 0 aliphatic heterocycles. The van der Waals surface area contributed by atoms with Crippen LogP contribution in [0.25, 0.3) is 0 Å². The fourth-order valence-corrected chi connectivity index (χ4v) is 4.79. The highest BCUT2D eigenvalue weighted by molar-refractivity contribution is 5.67. The number of ether oxygens (including phenoxy) is 1. The summed E-state index contributed by atoms with van der Waals surface area (Å²) < 4.78 is 4.73. The molecular formula is C26H41NO2. The van der Waals surface area contributed by atoms with Gasteiger partial charge in [0, 0.05) is 6.04 Å². The molecule has 0 heterocycles. The van der Waals surface area contributed by atoms with Gasteiger partial charge in [0.2, 0.25) is 0 Å². The molecule has 1 aromatic carbocycles. The number of unbranched alkanes of at least 4 members (excludes halogenated alkanes) is 1. The Hall–Kier alpha value is -1.77. The summed E-state index contributed by atoms with van der Waals surface area (Å²) in [7, 11) is 1.43. The van der Waals surface area contributed by atoms with Crippen molar-refractivity contribution in [3.8, 4) is 0 Å². The number of carbonyl (C=O) groups is 1. The Morgan fingerprint density at radius 3 is 2.69 bits per heavy atom. The number of fused-ring (bicyclic) bond motifs is 1. The molecule has 1 fully saturated rings. The summed E-state index contributed by atoms with van der Waals surface area (Å²) in [4.78, 5) is 11.4. The van der Waals surface area contributed by atoms with Crippen molar-refractivity contribution in [2.45, 2.75) is 97.4 Å². The maximum atomic E-state index is 11.4. The maximum Gasteiger partial charge on any atom is 0.407 e. The van der Waals surface area contributed by atoms with Crippen LogP contribution >= 0.6 is 0 Å². The molecule has 0 aromatic heterocycles. The van der Waals surface area contributed by atoms with E-state index in [2.05, 4.69) is 43.4 Å². The van der Waals surface area contributed by atoms with Crippen LogP contribution in [0.3, 0.4) is 0 Å². The third-order valence-electron chi connectivity index (χ3n) is 6.34. The zero-order valence-corrected chi connectivity index (χ0v) is 19.2. The molecule has 2 unspecified atom stereocenters. The van der Waals surface area contributed by atoms with Crippen molar-refractivity contribution in [1.29, 1.82) is 0 Å². The fourth-order valence-electron chi connectivity index (χ4n) is 4.79. The van der Waals surface area contributed by atoms with Crippen LogP contribution in [0.2, 0.25) is 0 Å². The second-order valence-corrected chi connectivity index (χ2v) is 8.69. The third-order valence-corrected chi connectivity index (χ3v) is 6.34. The highest BCUT2D eigenvalue weighted by Crippen LogP contribution is 2.37. The van der Waals surface area contributed by atoms with Gasteiger partial charge in [-0.15, -0.1) is 0 Å². The van der Waals surface area contributed by atoms with E-state index in [-0.39, 0.29) is 12.1 Å². The highest BCUT2D eigenvalue weighted by Gasteiger charge is 2.28. The lowest BCUT2D eigenvalue weighted by atomic mass is 9.80. The lowest BCUT2D eigenvalue weighted by molar-refractivity contribution is 0.166. The Morgan fingerprint density at radius 1 is 1.17 bits per heavy atom. The van der Waals surface area contributed by atoms with E-state index in [9.17, 15) is 4.79 Å². The van der Waals surface area contributed by atoms with Gasteiger partial charge in [0.05, 0.1) is 7.11 Å². The summed E-state index contributed by atoms with van der Waals surface area (Å²) in [6.07, 6.45) is 13.0. The first-order valence-electron chi connectivity index (χ1n) is 11.6. The molecule has 1 aromatic rings.